The fraction of sp³-hybridized carbons (Fsp3) is 0.200. The normalized spacial score (nSPS) is 11.3. The Kier molecular flexibility index (Phi) is 4.49. The van der Waals surface area contributed by atoms with E-state index in [1.54, 1.807) is 12.4 Å². The van der Waals surface area contributed by atoms with E-state index in [0.717, 1.165) is 51.0 Å². The Balaban J connectivity index is 1.85. The molecule has 132 valence electrons. The number of nitrogens with zero attached hydrogens (tertiary/aromatic N) is 2. The maximum Gasteiger partial charge on any atom is 0.227 e. The zero-order chi connectivity index (χ0) is 18.1. The van der Waals surface area contributed by atoms with Crippen LogP contribution >= 0.6 is 11.6 Å². The Morgan fingerprint density at radius 1 is 1.08 bits per heavy atom. The van der Waals surface area contributed by atoms with Crippen molar-refractivity contribution in [1.82, 2.24) is 20.3 Å². The van der Waals surface area contributed by atoms with E-state index < -0.39 is 0 Å². The third kappa shape index (κ3) is 3.23. The van der Waals surface area contributed by atoms with Gasteiger partial charge in [-0.1, -0.05) is 11.6 Å². The van der Waals surface area contributed by atoms with Crippen molar-refractivity contribution < 1.29 is 0 Å². The Hall–Kier alpha value is -2.63. The third-order valence-corrected chi connectivity index (χ3v) is 4.67. The SMILES string of the molecule is CNCCc1cc(Nc2ncc(C)cn2)cc2c1[nH]c1ccc(Cl)cc12. The predicted molar refractivity (Wildman–Crippen MR) is 108 cm³/mol. The van der Waals surface area contributed by atoms with Crippen molar-refractivity contribution in [3.8, 4) is 0 Å². The van der Waals surface area contributed by atoms with Crippen LogP contribution in [0.3, 0.4) is 0 Å². The van der Waals surface area contributed by atoms with Crippen LogP contribution in [0.2, 0.25) is 5.02 Å². The Bertz CT molecular complexity index is 1070. The number of anilines is 2. The number of fused-ring (bicyclic) bond motifs is 3. The summed E-state index contributed by atoms with van der Waals surface area (Å²) in [6.07, 6.45) is 4.53. The molecule has 0 aliphatic carbocycles. The van der Waals surface area contributed by atoms with Crippen LogP contribution in [0, 0.1) is 6.92 Å². The molecule has 2 aromatic heterocycles. The molecule has 6 heteroatoms. The lowest BCUT2D eigenvalue weighted by molar-refractivity contribution is 0.794. The molecule has 5 nitrogen and oxygen atoms in total. The largest absolute Gasteiger partial charge is 0.354 e. The lowest BCUT2D eigenvalue weighted by atomic mass is 10.0. The predicted octanol–water partition coefficient (Wildman–Crippen LogP) is 4.58. The quantitative estimate of drug-likeness (QED) is 0.484. The summed E-state index contributed by atoms with van der Waals surface area (Å²) in [6.45, 7) is 2.87. The molecule has 0 unspecified atom stereocenters. The molecule has 4 rings (SSSR count). The summed E-state index contributed by atoms with van der Waals surface area (Å²) in [5, 5.41) is 9.53. The number of aryl methyl sites for hydroxylation is 1. The fourth-order valence-electron chi connectivity index (χ4n) is 3.16. The highest BCUT2D eigenvalue weighted by atomic mass is 35.5. The molecular weight excluding hydrogens is 346 g/mol. The van der Waals surface area contributed by atoms with E-state index >= 15 is 0 Å². The molecule has 0 saturated carbocycles. The molecule has 0 atom stereocenters. The number of benzene rings is 2. The number of hydrogen-bond acceptors (Lipinski definition) is 4. The van der Waals surface area contributed by atoms with Crippen molar-refractivity contribution >= 4 is 45.0 Å². The van der Waals surface area contributed by atoms with Crippen molar-refractivity contribution in [3.05, 3.63) is 58.9 Å². The maximum atomic E-state index is 6.22. The maximum absolute atomic E-state index is 6.22. The molecule has 0 bridgehead atoms. The summed E-state index contributed by atoms with van der Waals surface area (Å²) in [4.78, 5) is 12.2. The Morgan fingerprint density at radius 3 is 2.65 bits per heavy atom. The molecule has 0 aliphatic rings. The van der Waals surface area contributed by atoms with Crippen LogP contribution in [0.1, 0.15) is 11.1 Å². The van der Waals surface area contributed by atoms with Crippen molar-refractivity contribution in [2.45, 2.75) is 13.3 Å². The minimum absolute atomic E-state index is 0.590. The monoisotopic (exact) mass is 365 g/mol. The average Bonchev–Trinajstić information content (AvgIpc) is 3.00. The lowest BCUT2D eigenvalue weighted by Crippen LogP contribution is -2.10. The standard InChI is InChI=1S/C20H20ClN5/c1-12-10-23-20(24-11-12)25-15-7-13(5-6-22-2)19-17(9-15)16-8-14(21)3-4-18(16)26-19/h3-4,7-11,22,26H,5-6H2,1-2H3,(H,23,24,25). The second kappa shape index (κ2) is 6.94. The number of rotatable bonds is 5. The minimum atomic E-state index is 0.590. The molecule has 0 amide bonds. The fourth-order valence-corrected chi connectivity index (χ4v) is 3.33. The molecule has 3 N–H and O–H groups in total. The molecule has 4 aromatic rings. The number of hydrogen-bond donors (Lipinski definition) is 3. The number of halogens is 1. The van der Waals surface area contributed by atoms with Gasteiger partial charge in [0, 0.05) is 44.9 Å². The van der Waals surface area contributed by atoms with Gasteiger partial charge in [-0.2, -0.15) is 0 Å². The second-order valence-corrected chi connectivity index (χ2v) is 6.87. The van der Waals surface area contributed by atoms with Crippen molar-refractivity contribution in [2.75, 3.05) is 18.9 Å². The molecule has 0 aliphatic heterocycles. The van der Waals surface area contributed by atoms with E-state index in [4.69, 9.17) is 11.6 Å². The molecule has 0 fully saturated rings. The second-order valence-electron chi connectivity index (χ2n) is 6.44. The highest BCUT2D eigenvalue weighted by Crippen LogP contribution is 2.33. The molecular formula is C20H20ClN5. The van der Waals surface area contributed by atoms with E-state index in [-0.39, 0.29) is 0 Å². The van der Waals surface area contributed by atoms with Gasteiger partial charge in [-0.05, 0) is 68.4 Å². The van der Waals surface area contributed by atoms with Crippen molar-refractivity contribution in [2.24, 2.45) is 0 Å². The first-order valence-corrected chi connectivity index (χ1v) is 8.96. The number of aromatic nitrogens is 3. The summed E-state index contributed by atoms with van der Waals surface area (Å²) in [5.74, 6) is 0.590. The van der Waals surface area contributed by atoms with Crippen LogP contribution in [-0.4, -0.2) is 28.5 Å². The van der Waals surface area contributed by atoms with E-state index in [1.807, 2.05) is 32.2 Å². The molecule has 26 heavy (non-hydrogen) atoms. The van der Waals surface area contributed by atoms with E-state index in [2.05, 4.69) is 37.7 Å². The van der Waals surface area contributed by atoms with Crippen LogP contribution in [0.25, 0.3) is 21.8 Å². The molecule has 0 saturated heterocycles. The third-order valence-electron chi connectivity index (χ3n) is 4.43. The van der Waals surface area contributed by atoms with E-state index in [1.165, 1.54) is 5.56 Å². The van der Waals surface area contributed by atoms with Crippen LogP contribution < -0.4 is 10.6 Å². The van der Waals surface area contributed by atoms with Gasteiger partial charge in [0.15, 0.2) is 0 Å². The van der Waals surface area contributed by atoms with Crippen molar-refractivity contribution in [3.63, 3.8) is 0 Å². The first-order chi connectivity index (χ1) is 12.6. The smallest absolute Gasteiger partial charge is 0.227 e. The van der Waals surface area contributed by atoms with Crippen molar-refractivity contribution in [1.29, 1.82) is 0 Å². The number of nitrogens with one attached hydrogen (secondary N) is 3. The first-order valence-electron chi connectivity index (χ1n) is 8.58. The molecule has 0 radical (unpaired) electrons. The highest BCUT2D eigenvalue weighted by molar-refractivity contribution is 6.31. The van der Waals surface area contributed by atoms with Gasteiger partial charge in [-0.3, -0.25) is 0 Å². The molecule has 2 aromatic carbocycles. The van der Waals surface area contributed by atoms with Crippen LogP contribution in [0.5, 0.6) is 0 Å². The molecule has 2 heterocycles. The Labute approximate surface area is 156 Å². The van der Waals surface area contributed by atoms with Gasteiger partial charge in [0.25, 0.3) is 0 Å². The number of likely N-dealkylation sites (N-methyl/N-ethyl adjacent to an activating group) is 1. The van der Waals surface area contributed by atoms with Crippen LogP contribution in [0.15, 0.2) is 42.7 Å². The summed E-state index contributed by atoms with van der Waals surface area (Å²) in [7, 11) is 1.96. The van der Waals surface area contributed by atoms with Gasteiger partial charge in [0.1, 0.15) is 0 Å². The van der Waals surface area contributed by atoms with Gasteiger partial charge in [-0.25, -0.2) is 9.97 Å². The molecule has 0 spiro atoms. The summed E-state index contributed by atoms with van der Waals surface area (Å²) >= 11 is 6.22. The minimum Gasteiger partial charge on any atom is -0.354 e. The van der Waals surface area contributed by atoms with Gasteiger partial charge in [-0.15, -0.1) is 0 Å². The van der Waals surface area contributed by atoms with E-state index in [0.29, 0.717) is 5.95 Å². The lowest BCUT2D eigenvalue weighted by Gasteiger charge is -2.09. The van der Waals surface area contributed by atoms with Gasteiger partial charge >= 0.3 is 0 Å². The highest BCUT2D eigenvalue weighted by Gasteiger charge is 2.11. The van der Waals surface area contributed by atoms with E-state index in [9.17, 15) is 0 Å². The topological polar surface area (TPSA) is 65.6 Å². The summed E-state index contributed by atoms with van der Waals surface area (Å²) in [5.41, 5.74) is 5.46. The van der Waals surface area contributed by atoms with Crippen LogP contribution in [0.4, 0.5) is 11.6 Å². The average molecular weight is 366 g/mol. The number of H-pyrrole nitrogens is 1. The summed E-state index contributed by atoms with van der Waals surface area (Å²) < 4.78 is 0. The Morgan fingerprint density at radius 2 is 1.88 bits per heavy atom. The number of aromatic amines is 1. The van der Waals surface area contributed by atoms with Crippen LogP contribution in [-0.2, 0) is 6.42 Å². The van der Waals surface area contributed by atoms with Gasteiger partial charge in [0.2, 0.25) is 5.95 Å². The van der Waals surface area contributed by atoms with Gasteiger partial charge < -0.3 is 15.6 Å². The zero-order valence-electron chi connectivity index (χ0n) is 14.7. The zero-order valence-corrected chi connectivity index (χ0v) is 15.5. The van der Waals surface area contributed by atoms with Gasteiger partial charge in [0.05, 0.1) is 0 Å². The summed E-state index contributed by atoms with van der Waals surface area (Å²) in [6, 6.07) is 10.2. The first kappa shape index (κ1) is 16.8.